The molecule has 0 aliphatic rings. The minimum absolute atomic E-state index is 0.241. The number of carbonyl (C=O) groups excluding carboxylic acids is 1. The molecule has 2 rings (SSSR count). The van der Waals surface area contributed by atoms with Gasteiger partial charge < -0.3 is 10.1 Å². The van der Waals surface area contributed by atoms with Gasteiger partial charge >= 0.3 is 5.97 Å². The molecule has 0 radical (unpaired) electrons. The number of ether oxygens (including phenoxy) is 1. The smallest absolute Gasteiger partial charge is 0.337 e. The van der Waals surface area contributed by atoms with Crippen molar-refractivity contribution in [1.82, 2.24) is 0 Å². The quantitative estimate of drug-likeness (QED) is 0.868. The third-order valence-electron chi connectivity index (χ3n) is 3.43. The first-order valence-corrected chi connectivity index (χ1v) is 6.69. The second-order valence-corrected chi connectivity index (χ2v) is 4.95. The summed E-state index contributed by atoms with van der Waals surface area (Å²) in [5.74, 6) is -0.596. The second kappa shape index (κ2) is 6.39. The van der Waals surface area contributed by atoms with Crippen molar-refractivity contribution in [1.29, 1.82) is 0 Å². The maximum absolute atomic E-state index is 13.3. The summed E-state index contributed by atoms with van der Waals surface area (Å²) in [5, 5.41) is 3.26. The lowest BCUT2D eigenvalue weighted by Gasteiger charge is -2.12. The Morgan fingerprint density at radius 2 is 1.90 bits per heavy atom. The van der Waals surface area contributed by atoms with E-state index in [-0.39, 0.29) is 11.8 Å². The maximum Gasteiger partial charge on any atom is 0.337 e. The largest absolute Gasteiger partial charge is 0.465 e. The number of nitrogens with one attached hydrogen (secondary N) is 1. The topological polar surface area (TPSA) is 38.3 Å². The molecule has 2 aromatic carbocycles. The zero-order valence-corrected chi connectivity index (χ0v) is 12.4. The van der Waals surface area contributed by atoms with Crippen LogP contribution in [-0.4, -0.2) is 13.1 Å². The molecule has 4 heteroatoms. The van der Waals surface area contributed by atoms with Crippen molar-refractivity contribution in [2.75, 3.05) is 12.4 Å². The van der Waals surface area contributed by atoms with Gasteiger partial charge in [0.25, 0.3) is 0 Å². The molecule has 0 aliphatic carbocycles. The van der Waals surface area contributed by atoms with Crippen molar-refractivity contribution in [3.63, 3.8) is 0 Å². The number of methoxy groups -OCH3 is 1. The monoisotopic (exact) mass is 287 g/mol. The Kier molecular flexibility index (Phi) is 4.58. The molecule has 0 amide bonds. The van der Waals surface area contributed by atoms with E-state index in [4.69, 9.17) is 0 Å². The van der Waals surface area contributed by atoms with E-state index in [0.717, 1.165) is 22.4 Å². The van der Waals surface area contributed by atoms with Gasteiger partial charge in [-0.25, -0.2) is 9.18 Å². The molecule has 1 N–H and O–H groups in total. The van der Waals surface area contributed by atoms with E-state index in [1.54, 1.807) is 18.2 Å². The molecular formula is C17H18FNO2. The Hall–Kier alpha value is -2.36. The number of rotatable bonds is 4. The van der Waals surface area contributed by atoms with Crippen molar-refractivity contribution < 1.29 is 13.9 Å². The number of benzene rings is 2. The van der Waals surface area contributed by atoms with Crippen LogP contribution < -0.4 is 5.32 Å². The lowest BCUT2D eigenvalue weighted by molar-refractivity contribution is 0.0600. The Labute approximate surface area is 123 Å². The number of anilines is 1. The maximum atomic E-state index is 13.3. The van der Waals surface area contributed by atoms with Gasteiger partial charge in [0, 0.05) is 12.2 Å². The van der Waals surface area contributed by atoms with Gasteiger partial charge in [-0.2, -0.15) is 0 Å². The molecule has 21 heavy (non-hydrogen) atoms. The first kappa shape index (κ1) is 15.0. The Morgan fingerprint density at radius 1 is 1.14 bits per heavy atom. The zero-order valence-electron chi connectivity index (χ0n) is 12.4. The van der Waals surface area contributed by atoms with Crippen LogP contribution in [0.5, 0.6) is 0 Å². The molecule has 0 atom stereocenters. The summed E-state index contributed by atoms with van der Waals surface area (Å²) in [4.78, 5) is 11.5. The molecule has 3 nitrogen and oxygen atoms in total. The van der Waals surface area contributed by atoms with Crippen molar-refractivity contribution >= 4 is 11.7 Å². The Morgan fingerprint density at radius 3 is 2.57 bits per heavy atom. The van der Waals surface area contributed by atoms with Gasteiger partial charge in [-0.15, -0.1) is 0 Å². The van der Waals surface area contributed by atoms with Crippen LogP contribution in [0.1, 0.15) is 27.0 Å². The lowest BCUT2D eigenvalue weighted by Crippen LogP contribution is -2.05. The molecule has 0 fully saturated rings. The fraction of sp³-hybridized carbons (Fsp3) is 0.235. The second-order valence-electron chi connectivity index (χ2n) is 4.95. The Bertz CT molecular complexity index is 668. The SMILES string of the molecule is COC(=O)c1ccc(NCc2cc(F)ccc2C)c(C)c1. The predicted octanol–water partition coefficient (Wildman–Crippen LogP) is 3.84. The van der Waals surface area contributed by atoms with E-state index in [1.807, 2.05) is 19.9 Å². The Balaban J connectivity index is 2.13. The predicted molar refractivity (Wildman–Crippen MR) is 81.0 cm³/mol. The minimum Gasteiger partial charge on any atom is -0.465 e. The van der Waals surface area contributed by atoms with E-state index in [2.05, 4.69) is 10.1 Å². The standard InChI is InChI=1S/C17H18FNO2/c1-11-4-6-15(18)9-14(11)10-19-16-7-5-13(8-12(16)2)17(20)21-3/h4-9,19H,10H2,1-3H3. The summed E-state index contributed by atoms with van der Waals surface area (Å²) >= 11 is 0. The number of aryl methyl sites for hydroxylation is 2. The lowest BCUT2D eigenvalue weighted by atomic mass is 10.1. The fourth-order valence-electron chi connectivity index (χ4n) is 2.13. The average Bonchev–Trinajstić information content (AvgIpc) is 2.48. The number of hydrogen-bond donors (Lipinski definition) is 1. The van der Waals surface area contributed by atoms with Crippen molar-refractivity contribution in [2.45, 2.75) is 20.4 Å². The summed E-state index contributed by atoms with van der Waals surface area (Å²) in [5.41, 5.74) is 4.31. The zero-order chi connectivity index (χ0) is 15.4. The van der Waals surface area contributed by atoms with Crippen LogP contribution in [-0.2, 0) is 11.3 Å². The van der Waals surface area contributed by atoms with Crippen molar-refractivity contribution in [3.8, 4) is 0 Å². The van der Waals surface area contributed by atoms with Crippen LogP contribution in [0, 0.1) is 19.7 Å². The average molecular weight is 287 g/mol. The van der Waals surface area contributed by atoms with Crippen LogP contribution in [0.3, 0.4) is 0 Å². The highest BCUT2D eigenvalue weighted by molar-refractivity contribution is 5.90. The molecule has 0 aliphatic heterocycles. The van der Waals surface area contributed by atoms with E-state index in [1.165, 1.54) is 19.2 Å². The van der Waals surface area contributed by atoms with E-state index in [9.17, 15) is 9.18 Å². The van der Waals surface area contributed by atoms with Gasteiger partial charge in [0.15, 0.2) is 0 Å². The van der Waals surface area contributed by atoms with Crippen LogP contribution >= 0.6 is 0 Å². The highest BCUT2D eigenvalue weighted by Gasteiger charge is 2.08. The molecule has 0 saturated heterocycles. The highest BCUT2D eigenvalue weighted by Crippen LogP contribution is 2.19. The fourth-order valence-corrected chi connectivity index (χ4v) is 2.13. The molecule has 0 spiro atoms. The van der Waals surface area contributed by atoms with Gasteiger partial charge in [-0.1, -0.05) is 6.07 Å². The van der Waals surface area contributed by atoms with Gasteiger partial charge in [0.2, 0.25) is 0 Å². The van der Waals surface area contributed by atoms with E-state index >= 15 is 0 Å². The van der Waals surface area contributed by atoms with Crippen LogP contribution in [0.25, 0.3) is 0 Å². The minimum atomic E-state index is -0.356. The number of carbonyl (C=O) groups is 1. The van der Waals surface area contributed by atoms with Gasteiger partial charge in [-0.05, 0) is 60.9 Å². The summed E-state index contributed by atoms with van der Waals surface area (Å²) in [7, 11) is 1.36. The molecule has 110 valence electrons. The molecular weight excluding hydrogens is 269 g/mol. The van der Waals surface area contributed by atoms with Gasteiger partial charge in [-0.3, -0.25) is 0 Å². The highest BCUT2D eigenvalue weighted by atomic mass is 19.1. The van der Waals surface area contributed by atoms with Crippen LogP contribution in [0.2, 0.25) is 0 Å². The first-order chi connectivity index (χ1) is 10.0. The summed E-state index contributed by atoms with van der Waals surface area (Å²) in [6.07, 6.45) is 0. The molecule has 0 bridgehead atoms. The third kappa shape index (κ3) is 3.60. The molecule has 0 aromatic heterocycles. The third-order valence-corrected chi connectivity index (χ3v) is 3.43. The van der Waals surface area contributed by atoms with E-state index < -0.39 is 0 Å². The number of esters is 1. The number of halogens is 1. The molecule has 2 aromatic rings. The van der Waals surface area contributed by atoms with E-state index in [0.29, 0.717) is 12.1 Å². The normalized spacial score (nSPS) is 10.3. The van der Waals surface area contributed by atoms with Crippen molar-refractivity contribution in [3.05, 3.63) is 64.5 Å². The molecule has 0 saturated carbocycles. The van der Waals surface area contributed by atoms with Crippen LogP contribution in [0.4, 0.5) is 10.1 Å². The number of hydrogen-bond acceptors (Lipinski definition) is 3. The van der Waals surface area contributed by atoms with Gasteiger partial charge in [0.1, 0.15) is 5.82 Å². The van der Waals surface area contributed by atoms with Crippen molar-refractivity contribution in [2.24, 2.45) is 0 Å². The van der Waals surface area contributed by atoms with Gasteiger partial charge in [0.05, 0.1) is 12.7 Å². The first-order valence-electron chi connectivity index (χ1n) is 6.69. The molecule has 0 unspecified atom stereocenters. The van der Waals surface area contributed by atoms with Crippen LogP contribution in [0.15, 0.2) is 36.4 Å². The summed E-state index contributed by atoms with van der Waals surface area (Å²) < 4.78 is 17.9. The summed E-state index contributed by atoms with van der Waals surface area (Å²) in [6, 6.07) is 10.1. The summed E-state index contributed by atoms with van der Waals surface area (Å²) in [6.45, 7) is 4.39. The molecule has 0 heterocycles.